The number of likely N-dealkylation sites (N-methyl/N-ethyl adjacent to an activating group) is 1. The van der Waals surface area contributed by atoms with Crippen LogP contribution in [0.25, 0.3) is 0 Å². The van der Waals surface area contributed by atoms with Gasteiger partial charge in [0, 0.05) is 12.2 Å². The van der Waals surface area contributed by atoms with Gasteiger partial charge in [0.2, 0.25) is 5.91 Å². The highest BCUT2D eigenvalue weighted by Crippen LogP contribution is 2.26. The second-order valence-corrected chi connectivity index (χ2v) is 6.68. The monoisotopic (exact) mass is 364 g/mol. The zero-order valence-corrected chi connectivity index (χ0v) is 15.7. The van der Waals surface area contributed by atoms with Crippen LogP contribution in [-0.2, 0) is 17.8 Å². The van der Waals surface area contributed by atoms with E-state index in [1.807, 2.05) is 49.2 Å². The van der Waals surface area contributed by atoms with E-state index in [4.69, 9.17) is 23.2 Å². The quantitative estimate of drug-likeness (QED) is 0.787. The van der Waals surface area contributed by atoms with Crippen molar-refractivity contribution in [1.82, 2.24) is 4.90 Å². The smallest absolute Gasteiger partial charge is 0.238 e. The topological polar surface area (TPSA) is 32.3 Å². The molecule has 0 saturated heterocycles. The van der Waals surface area contributed by atoms with Crippen molar-refractivity contribution in [2.45, 2.75) is 26.8 Å². The molecule has 128 valence electrons. The van der Waals surface area contributed by atoms with Gasteiger partial charge >= 0.3 is 0 Å². The van der Waals surface area contributed by atoms with Crippen molar-refractivity contribution in [2.75, 3.05) is 18.9 Å². The summed E-state index contributed by atoms with van der Waals surface area (Å²) in [5, 5.41) is 4.10. The first-order chi connectivity index (χ1) is 11.4. The Kier molecular flexibility index (Phi) is 6.67. The predicted molar refractivity (Wildman–Crippen MR) is 102 cm³/mol. The van der Waals surface area contributed by atoms with Gasteiger partial charge in [0.15, 0.2) is 0 Å². The van der Waals surface area contributed by atoms with Gasteiger partial charge in [-0.05, 0) is 43.1 Å². The lowest BCUT2D eigenvalue weighted by Crippen LogP contribution is -2.30. The Balaban J connectivity index is 2.01. The molecule has 0 radical (unpaired) electrons. The van der Waals surface area contributed by atoms with Crippen LogP contribution in [0.2, 0.25) is 10.0 Å². The van der Waals surface area contributed by atoms with Crippen LogP contribution in [0.15, 0.2) is 36.4 Å². The van der Waals surface area contributed by atoms with Crippen molar-refractivity contribution in [1.29, 1.82) is 0 Å². The number of aryl methyl sites for hydroxylation is 2. The van der Waals surface area contributed by atoms with Crippen LogP contribution in [0.5, 0.6) is 0 Å². The van der Waals surface area contributed by atoms with Crippen molar-refractivity contribution in [3.63, 3.8) is 0 Å². The Morgan fingerprint density at radius 2 is 1.79 bits per heavy atom. The number of rotatable bonds is 6. The average molecular weight is 365 g/mol. The zero-order chi connectivity index (χ0) is 17.7. The number of nitrogens with zero attached hydrogens (tertiary/aromatic N) is 1. The molecule has 0 spiro atoms. The molecule has 1 N–H and O–H groups in total. The maximum absolute atomic E-state index is 12.4. The van der Waals surface area contributed by atoms with Crippen molar-refractivity contribution in [2.24, 2.45) is 0 Å². The molecule has 2 rings (SSSR count). The molecule has 2 aromatic carbocycles. The van der Waals surface area contributed by atoms with E-state index in [9.17, 15) is 4.79 Å². The van der Waals surface area contributed by atoms with Gasteiger partial charge in [-0.1, -0.05) is 60.5 Å². The van der Waals surface area contributed by atoms with Gasteiger partial charge in [0.25, 0.3) is 0 Å². The summed E-state index contributed by atoms with van der Waals surface area (Å²) >= 11 is 12.2. The molecule has 0 bridgehead atoms. The summed E-state index contributed by atoms with van der Waals surface area (Å²) in [4.78, 5) is 14.3. The summed E-state index contributed by atoms with van der Waals surface area (Å²) in [7, 11) is 1.88. The third-order valence-electron chi connectivity index (χ3n) is 3.89. The second-order valence-electron chi connectivity index (χ2n) is 5.90. The Morgan fingerprint density at radius 3 is 2.50 bits per heavy atom. The number of hydrogen-bond acceptors (Lipinski definition) is 2. The maximum atomic E-state index is 12.4. The lowest BCUT2D eigenvalue weighted by atomic mass is 10.1. The Hall–Kier alpha value is -1.55. The van der Waals surface area contributed by atoms with Gasteiger partial charge in [-0.2, -0.15) is 0 Å². The van der Waals surface area contributed by atoms with Crippen LogP contribution in [0.1, 0.15) is 23.6 Å². The highest BCUT2D eigenvalue weighted by atomic mass is 35.5. The van der Waals surface area contributed by atoms with Crippen molar-refractivity contribution in [3.05, 3.63) is 63.1 Å². The Labute approximate surface area is 153 Å². The molecule has 0 heterocycles. The molecule has 3 nitrogen and oxygen atoms in total. The maximum Gasteiger partial charge on any atom is 0.238 e. The highest BCUT2D eigenvalue weighted by Gasteiger charge is 2.13. The van der Waals surface area contributed by atoms with E-state index in [1.165, 1.54) is 0 Å². The third kappa shape index (κ3) is 4.73. The molecule has 0 aromatic heterocycles. The van der Waals surface area contributed by atoms with Gasteiger partial charge in [0.05, 0.1) is 16.6 Å². The first-order valence-electron chi connectivity index (χ1n) is 7.92. The lowest BCUT2D eigenvalue weighted by molar-refractivity contribution is -0.117. The molecule has 0 atom stereocenters. The molecule has 1 amide bonds. The minimum absolute atomic E-state index is 0.0420. The summed E-state index contributed by atoms with van der Waals surface area (Å²) in [6.45, 7) is 4.92. The van der Waals surface area contributed by atoms with Crippen molar-refractivity contribution < 1.29 is 4.79 Å². The number of amides is 1. The number of nitrogens with one attached hydrogen (secondary N) is 1. The molecule has 0 aliphatic carbocycles. The van der Waals surface area contributed by atoms with E-state index in [1.54, 1.807) is 6.07 Å². The van der Waals surface area contributed by atoms with Gasteiger partial charge in [-0.3, -0.25) is 9.69 Å². The fourth-order valence-corrected chi connectivity index (χ4v) is 3.02. The van der Waals surface area contributed by atoms with Crippen LogP contribution in [-0.4, -0.2) is 24.4 Å². The van der Waals surface area contributed by atoms with Gasteiger partial charge < -0.3 is 5.32 Å². The van der Waals surface area contributed by atoms with E-state index >= 15 is 0 Å². The van der Waals surface area contributed by atoms with Crippen molar-refractivity contribution >= 4 is 34.8 Å². The fourth-order valence-electron chi connectivity index (χ4n) is 2.64. The number of anilines is 1. The number of halogens is 2. The largest absolute Gasteiger partial charge is 0.324 e. The first kappa shape index (κ1) is 18.8. The number of carbonyl (C=O) groups is 1. The van der Waals surface area contributed by atoms with E-state index in [2.05, 4.69) is 12.2 Å². The van der Waals surface area contributed by atoms with Crippen LogP contribution in [0, 0.1) is 6.92 Å². The first-order valence-corrected chi connectivity index (χ1v) is 8.67. The average Bonchev–Trinajstić information content (AvgIpc) is 2.53. The summed E-state index contributed by atoms with van der Waals surface area (Å²) in [6, 6.07) is 11.6. The van der Waals surface area contributed by atoms with E-state index < -0.39 is 0 Å². The molecule has 2 aromatic rings. The molecule has 24 heavy (non-hydrogen) atoms. The van der Waals surface area contributed by atoms with E-state index in [0.717, 1.165) is 28.8 Å². The van der Waals surface area contributed by atoms with E-state index in [-0.39, 0.29) is 12.5 Å². The number of benzene rings is 2. The van der Waals surface area contributed by atoms with Crippen molar-refractivity contribution in [3.8, 4) is 0 Å². The SMILES string of the molecule is CCc1cccc(C)c1NC(=O)CN(C)Cc1cccc(Cl)c1Cl. The molecule has 0 aliphatic heterocycles. The summed E-state index contributed by atoms with van der Waals surface area (Å²) in [6.07, 6.45) is 0.880. The molecular formula is C19H22Cl2N2O. The Bertz CT molecular complexity index is 731. The summed E-state index contributed by atoms with van der Waals surface area (Å²) in [5.41, 5.74) is 4.04. The third-order valence-corrected chi connectivity index (χ3v) is 4.75. The van der Waals surface area contributed by atoms with Crippen LogP contribution < -0.4 is 5.32 Å². The van der Waals surface area contributed by atoms with Crippen LogP contribution in [0.3, 0.4) is 0 Å². The highest BCUT2D eigenvalue weighted by molar-refractivity contribution is 6.42. The van der Waals surface area contributed by atoms with Gasteiger partial charge in [-0.25, -0.2) is 0 Å². The lowest BCUT2D eigenvalue weighted by Gasteiger charge is -2.19. The van der Waals surface area contributed by atoms with E-state index in [0.29, 0.717) is 16.6 Å². The number of hydrogen-bond donors (Lipinski definition) is 1. The molecule has 0 aliphatic rings. The minimum Gasteiger partial charge on any atom is -0.324 e. The zero-order valence-electron chi connectivity index (χ0n) is 14.2. The van der Waals surface area contributed by atoms with Gasteiger partial charge in [0.1, 0.15) is 0 Å². The summed E-state index contributed by atoms with van der Waals surface area (Å²) < 4.78 is 0. The number of carbonyl (C=O) groups excluding carboxylic acids is 1. The minimum atomic E-state index is -0.0420. The van der Waals surface area contributed by atoms with Gasteiger partial charge in [-0.15, -0.1) is 0 Å². The Morgan fingerprint density at radius 1 is 1.12 bits per heavy atom. The van der Waals surface area contributed by atoms with Crippen LogP contribution in [0.4, 0.5) is 5.69 Å². The molecule has 0 unspecified atom stereocenters. The molecular weight excluding hydrogens is 343 g/mol. The van der Waals surface area contributed by atoms with Crippen LogP contribution >= 0.6 is 23.2 Å². The fraction of sp³-hybridized carbons (Fsp3) is 0.316. The molecule has 5 heteroatoms. The standard InChI is InChI=1S/C19H22Cl2N2O/c1-4-14-8-5-7-13(2)19(14)22-17(24)12-23(3)11-15-9-6-10-16(20)18(15)21/h5-10H,4,11-12H2,1-3H3,(H,22,24). The predicted octanol–water partition coefficient (Wildman–Crippen LogP) is 4.93. The molecule has 0 fully saturated rings. The second kappa shape index (κ2) is 8.52. The number of para-hydroxylation sites is 1. The summed E-state index contributed by atoms with van der Waals surface area (Å²) in [5.74, 6) is -0.0420. The normalized spacial score (nSPS) is 10.9. The molecule has 0 saturated carbocycles.